The third-order valence-corrected chi connectivity index (χ3v) is 3.25. The highest BCUT2D eigenvalue weighted by molar-refractivity contribution is 5.89. The van der Waals surface area contributed by atoms with Crippen molar-refractivity contribution in [2.75, 3.05) is 11.1 Å². The third-order valence-electron chi connectivity index (χ3n) is 3.25. The number of urea groups is 1. The standard InChI is InChI=1S/C14H19N5O2/c1-8-12(15)18-19-13(8)17-14(21)16-9(2)11(20)10-6-4-3-5-7-10/h3-7,9,11,20H,1-2H3,(H5,15,16,17,18,19,21)/t9-,11-/m0/s1. The lowest BCUT2D eigenvalue weighted by atomic mass is 10.0. The molecule has 0 aliphatic rings. The molecule has 2 amide bonds. The lowest BCUT2D eigenvalue weighted by Gasteiger charge is -2.20. The van der Waals surface area contributed by atoms with Gasteiger partial charge in [0.25, 0.3) is 0 Å². The Kier molecular flexibility index (Phi) is 4.44. The monoisotopic (exact) mass is 289 g/mol. The van der Waals surface area contributed by atoms with E-state index < -0.39 is 18.2 Å². The number of nitrogens with zero attached hydrogens (tertiary/aromatic N) is 1. The van der Waals surface area contributed by atoms with Crippen LogP contribution >= 0.6 is 0 Å². The molecule has 1 aromatic carbocycles. The molecule has 1 heterocycles. The molecule has 1 aromatic heterocycles. The molecule has 0 fully saturated rings. The smallest absolute Gasteiger partial charge is 0.320 e. The molecule has 2 aromatic rings. The highest BCUT2D eigenvalue weighted by Crippen LogP contribution is 2.18. The fraction of sp³-hybridized carbons (Fsp3) is 0.286. The Labute approximate surface area is 122 Å². The van der Waals surface area contributed by atoms with Gasteiger partial charge in [0.2, 0.25) is 0 Å². The van der Waals surface area contributed by atoms with Gasteiger partial charge >= 0.3 is 6.03 Å². The number of nitrogens with two attached hydrogens (primary N) is 1. The molecule has 7 heteroatoms. The summed E-state index contributed by atoms with van der Waals surface area (Å²) in [7, 11) is 0. The van der Waals surface area contributed by atoms with Crippen molar-refractivity contribution >= 4 is 17.7 Å². The van der Waals surface area contributed by atoms with E-state index in [-0.39, 0.29) is 0 Å². The summed E-state index contributed by atoms with van der Waals surface area (Å²) < 4.78 is 0. The number of aliphatic hydroxyl groups is 1. The fourth-order valence-corrected chi connectivity index (χ4v) is 1.90. The van der Waals surface area contributed by atoms with Crippen LogP contribution < -0.4 is 16.4 Å². The molecule has 2 rings (SSSR count). The van der Waals surface area contributed by atoms with Crippen molar-refractivity contribution < 1.29 is 9.90 Å². The topological polar surface area (TPSA) is 116 Å². The van der Waals surface area contributed by atoms with Gasteiger partial charge in [-0.05, 0) is 19.4 Å². The number of anilines is 2. The maximum atomic E-state index is 11.9. The zero-order valence-corrected chi connectivity index (χ0v) is 11.9. The Hall–Kier alpha value is -2.54. The molecule has 0 aliphatic carbocycles. The number of nitrogen functional groups attached to an aromatic ring is 1. The van der Waals surface area contributed by atoms with E-state index in [4.69, 9.17) is 5.73 Å². The molecule has 0 unspecified atom stereocenters. The summed E-state index contributed by atoms with van der Waals surface area (Å²) in [6.07, 6.45) is -0.790. The summed E-state index contributed by atoms with van der Waals surface area (Å²) in [6, 6.07) is 8.24. The van der Waals surface area contributed by atoms with Crippen molar-refractivity contribution in [3.05, 3.63) is 41.5 Å². The van der Waals surface area contributed by atoms with Gasteiger partial charge in [-0.3, -0.25) is 10.4 Å². The first-order valence-electron chi connectivity index (χ1n) is 6.60. The molecule has 7 nitrogen and oxygen atoms in total. The van der Waals surface area contributed by atoms with E-state index in [9.17, 15) is 9.90 Å². The minimum Gasteiger partial charge on any atom is -0.386 e. The molecule has 0 saturated carbocycles. The normalized spacial score (nSPS) is 13.5. The number of amides is 2. The van der Waals surface area contributed by atoms with Crippen LogP contribution in [0, 0.1) is 6.92 Å². The van der Waals surface area contributed by atoms with Crippen molar-refractivity contribution in [2.24, 2.45) is 0 Å². The fourth-order valence-electron chi connectivity index (χ4n) is 1.90. The van der Waals surface area contributed by atoms with Crippen LogP contribution in [0.4, 0.5) is 16.4 Å². The van der Waals surface area contributed by atoms with Crippen LogP contribution in [-0.4, -0.2) is 27.4 Å². The van der Waals surface area contributed by atoms with E-state index in [1.165, 1.54) is 0 Å². The van der Waals surface area contributed by atoms with Crippen LogP contribution in [0.5, 0.6) is 0 Å². The lowest BCUT2D eigenvalue weighted by molar-refractivity contribution is 0.139. The molecule has 0 spiro atoms. The molecule has 0 aliphatic heterocycles. The number of aromatic amines is 1. The van der Waals surface area contributed by atoms with Crippen LogP contribution in [0.2, 0.25) is 0 Å². The largest absolute Gasteiger partial charge is 0.386 e. The average molecular weight is 289 g/mol. The van der Waals surface area contributed by atoms with Crippen molar-refractivity contribution in [1.82, 2.24) is 15.5 Å². The minimum atomic E-state index is -0.790. The van der Waals surface area contributed by atoms with Gasteiger partial charge in [0.15, 0.2) is 5.82 Å². The van der Waals surface area contributed by atoms with Crippen LogP contribution in [0.25, 0.3) is 0 Å². The van der Waals surface area contributed by atoms with Crippen LogP contribution in [-0.2, 0) is 0 Å². The molecule has 6 N–H and O–H groups in total. The maximum Gasteiger partial charge on any atom is 0.320 e. The number of carbonyl (C=O) groups excluding carboxylic acids is 1. The number of aromatic nitrogens is 2. The average Bonchev–Trinajstić information content (AvgIpc) is 2.79. The number of carbonyl (C=O) groups is 1. The summed E-state index contributed by atoms with van der Waals surface area (Å²) in [4.78, 5) is 11.9. The SMILES string of the molecule is Cc1c(NC(=O)N[C@@H](C)[C@H](O)c2ccccc2)n[nH]c1N. The van der Waals surface area contributed by atoms with Gasteiger partial charge in [0.05, 0.1) is 12.1 Å². The van der Waals surface area contributed by atoms with Crippen LogP contribution in [0.3, 0.4) is 0 Å². The van der Waals surface area contributed by atoms with E-state index >= 15 is 0 Å². The van der Waals surface area contributed by atoms with Gasteiger partial charge in [-0.15, -0.1) is 0 Å². The molecule has 0 saturated heterocycles. The number of hydrogen-bond acceptors (Lipinski definition) is 4. The predicted octanol–water partition coefficient (Wildman–Crippen LogP) is 1.54. The highest BCUT2D eigenvalue weighted by Gasteiger charge is 2.19. The Morgan fingerprint density at radius 1 is 1.38 bits per heavy atom. The Balaban J connectivity index is 1.95. The van der Waals surface area contributed by atoms with Crippen LogP contribution in [0.15, 0.2) is 30.3 Å². The number of benzene rings is 1. The molecule has 0 radical (unpaired) electrons. The molecular formula is C14H19N5O2. The van der Waals surface area contributed by atoms with Gasteiger partial charge in [0.1, 0.15) is 5.82 Å². The Morgan fingerprint density at radius 2 is 2.05 bits per heavy atom. The van der Waals surface area contributed by atoms with E-state index in [2.05, 4.69) is 20.8 Å². The number of aliphatic hydroxyl groups excluding tert-OH is 1. The number of nitrogens with one attached hydrogen (secondary N) is 3. The van der Waals surface area contributed by atoms with E-state index in [1.807, 2.05) is 18.2 Å². The number of hydrogen-bond donors (Lipinski definition) is 5. The predicted molar refractivity (Wildman–Crippen MR) is 80.8 cm³/mol. The van der Waals surface area contributed by atoms with Crippen molar-refractivity contribution in [1.29, 1.82) is 0 Å². The van der Waals surface area contributed by atoms with Crippen LogP contribution in [0.1, 0.15) is 24.2 Å². The third kappa shape index (κ3) is 3.51. The molecule has 112 valence electrons. The summed E-state index contributed by atoms with van der Waals surface area (Å²) in [5.74, 6) is 0.772. The Morgan fingerprint density at radius 3 is 2.62 bits per heavy atom. The van der Waals surface area contributed by atoms with Crippen molar-refractivity contribution in [2.45, 2.75) is 26.0 Å². The summed E-state index contributed by atoms with van der Waals surface area (Å²) in [6.45, 7) is 3.47. The highest BCUT2D eigenvalue weighted by atomic mass is 16.3. The first kappa shape index (κ1) is 14.9. The van der Waals surface area contributed by atoms with E-state index in [1.54, 1.807) is 26.0 Å². The second-order valence-corrected chi connectivity index (χ2v) is 4.85. The van der Waals surface area contributed by atoms with Gasteiger partial charge in [-0.1, -0.05) is 30.3 Å². The second kappa shape index (κ2) is 6.27. The summed E-state index contributed by atoms with van der Waals surface area (Å²) in [5, 5.41) is 21.9. The zero-order valence-electron chi connectivity index (χ0n) is 11.9. The maximum absolute atomic E-state index is 11.9. The summed E-state index contributed by atoms with van der Waals surface area (Å²) in [5.41, 5.74) is 7.02. The van der Waals surface area contributed by atoms with Crippen molar-refractivity contribution in [3.8, 4) is 0 Å². The van der Waals surface area contributed by atoms with Gasteiger partial charge in [0, 0.05) is 5.56 Å². The van der Waals surface area contributed by atoms with E-state index in [0.29, 0.717) is 17.2 Å². The number of H-pyrrole nitrogens is 1. The molecule has 0 bridgehead atoms. The van der Waals surface area contributed by atoms with Gasteiger partial charge in [-0.25, -0.2) is 4.79 Å². The van der Waals surface area contributed by atoms with E-state index in [0.717, 1.165) is 5.56 Å². The Bertz CT molecular complexity index is 611. The lowest BCUT2D eigenvalue weighted by Crippen LogP contribution is -2.39. The first-order chi connectivity index (χ1) is 9.99. The summed E-state index contributed by atoms with van der Waals surface area (Å²) >= 11 is 0. The second-order valence-electron chi connectivity index (χ2n) is 4.85. The quantitative estimate of drug-likeness (QED) is 0.587. The zero-order chi connectivity index (χ0) is 15.4. The molecular weight excluding hydrogens is 270 g/mol. The molecule has 21 heavy (non-hydrogen) atoms. The minimum absolute atomic E-state index is 0.367. The number of rotatable bonds is 4. The van der Waals surface area contributed by atoms with Gasteiger partial charge in [-0.2, -0.15) is 5.10 Å². The van der Waals surface area contributed by atoms with Crippen molar-refractivity contribution in [3.63, 3.8) is 0 Å². The first-order valence-corrected chi connectivity index (χ1v) is 6.60. The van der Waals surface area contributed by atoms with Gasteiger partial charge < -0.3 is 16.2 Å². The molecule has 2 atom stereocenters.